The van der Waals surface area contributed by atoms with Gasteiger partial charge in [-0.1, -0.05) is 19.0 Å². The van der Waals surface area contributed by atoms with Crippen molar-refractivity contribution in [3.05, 3.63) is 11.7 Å². The molecule has 0 fully saturated rings. The summed E-state index contributed by atoms with van der Waals surface area (Å²) in [5, 5.41) is 3.81. The van der Waals surface area contributed by atoms with Crippen LogP contribution in [0.2, 0.25) is 0 Å². The van der Waals surface area contributed by atoms with E-state index in [1.54, 1.807) is 6.92 Å². The zero-order valence-electron chi connectivity index (χ0n) is 10.0. The predicted octanol–water partition coefficient (Wildman–Crippen LogP) is 1.76. The second kappa shape index (κ2) is 6.25. The number of hydrogen-bond acceptors (Lipinski definition) is 5. The van der Waals surface area contributed by atoms with Crippen LogP contribution >= 0.6 is 0 Å². The van der Waals surface area contributed by atoms with E-state index in [0.717, 1.165) is 12.8 Å². The van der Waals surface area contributed by atoms with E-state index in [0.29, 0.717) is 24.2 Å². The number of carbonyl (C=O) groups is 1. The highest BCUT2D eigenvalue weighted by molar-refractivity contribution is 5.71. The SMILES string of the molecule is CCOC(=O)Cc1nc(CCC(C)C)no1. The summed E-state index contributed by atoms with van der Waals surface area (Å²) >= 11 is 0. The smallest absolute Gasteiger partial charge is 0.315 e. The molecule has 0 aliphatic carbocycles. The van der Waals surface area contributed by atoms with Crippen molar-refractivity contribution in [3.8, 4) is 0 Å². The minimum atomic E-state index is -0.332. The second-order valence-electron chi connectivity index (χ2n) is 4.02. The lowest BCUT2D eigenvalue weighted by molar-refractivity contribution is -0.142. The molecule has 1 rings (SSSR count). The minimum absolute atomic E-state index is 0.0581. The molecule has 0 radical (unpaired) electrons. The van der Waals surface area contributed by atoms with Gasteiger partial charge in [0, 0.05) is 6.42 Å². The Morgan fingerprint density at radius 2 is 2.25 bits per heavy atom. The standard InChI is InChI=1S/C11H18N2O3/c1-4-15-11(14)7-10-12-9(13-16-10)6-5-8(2)3/h8H,4-7H2,1-3H3. The molecule has 0 bridgehead atoms. The highest BCUT2D eigenvalue weighted by atomic mass is 16.5. The molecule has 5 nitrogen and oxygen atoms in total. The van der Waals surface area contributed by atoms with E-state index in [1.807, 2.05) is 0 Å². The molecule has 0 spiro atoms. The van der Waals surface area contributed by atoms with Gasteiger partial charge in [-0.2, -0.15) is 4.98 Å². The Balaban J connectivity index is 2.42. The second-order valence-corrected chi connectivity index (χ2v) is 4.02. The third-order valence-corrected chi connectivity index (χ3v) is 2.06. The number of hydrogen-bond donors (Lipinski definition) is 0. The van der Waals surface area contributed by atoms with Gasteiger partial charge in [0.25, 0.3) is 0 Å². The van der Waals surface area contributed by atoms with Crippen molar-refractivity contribution < 1.29 is 14.1 Å². The van der Waals surface area contributed by atoms with Crippen LogP contribution in [0, 0.1) is 5.92 Å². The number of carbonyl (C=O) groups excluding carboxylic acids is 1. The normalized spacial score (nSPS) is 10.8. The number of aromatic nitrogens is 2. The predicted molar refractivity (Wildman–Crippen MR) is 57.8 cm³/mol. The molecule has 0 atom stereocenters. The van der Waals surface area contributed by atoms with Crippen LogP contribution < -0.4 is 0 Å². The maximum absolute atomic E-state index is 11.1. The van der Waals surface area contributed by atoms with Gasteiger partial charge in [0.05, 0.1) is 6.61 Å². The van der Waals surface area contributed by atoms with Crippen molar-refractivity contribution in [1.82, 2.24) is 10.1 Å². The molecular formula is C11H18N2O3. The molecular weight excluding hydrogens is 208 g/mol. The molecule has 0 N–H and O–H groups in total. The summed E-state index contributed by atoms with van der Waals surface area (Å²) in [6, 6.07) is 0. The molecule has 0 aliphatic heterocycles. The van der Waals surface area contributed by atoms with Gasteiger partial charge in [-0.25, -0.2) is 0 Å². The highest BCUT2D eigenvalue weighted by Crippen LogP contribution is 2.07. The van der Waals surface area contributed by atoms with E-state index in [-0.39, 0.29) is 12.4 Å². The average Bonchev–Trinajstić information content (AvgIpc) is 2.63. The lowest BCUT2D eigenvalue weighted by Crippen LogP contribution is -2.07. The van der Waals surface area contributed by atoms with Gasteiger partial charge in [0.15, 0.2) is 5.82 Å². The quantitative estimate of drug-likeness (QED) is 0.691. The molecule has 0 saturated carbocycles. The maximum Gasteiger partial charge on any atom is 0.315 e. The van der Waals surface area contributed by atoms with Gasteiger partial charge in [-0.05, 0) is 19.3 Å². The summed E-state index contributed by atoms with van der Waals surface area (Å²) in [4.78, 5) is 15.3. The zero-order chi connectivity index (χ0) is 12.0. The lowest BCUT2D eigenvalue weighted by Gasteiger charge is -1.98. The van der Waals surface area contributed by atoms with Crippen molar-refractivity contribution in [1.29, 1.82) is 0 Å². The average molecular weight is 226 g/mol. The third-order valence-electron chi connectivity index (χ3n) is 2.06. The molecule has 0 aromatic carbocycles. The van der Waals surface area contributed by atoms with E-state index in [1.165, 1.54) is 0 Å². The van der Waals surface area contributed by atoms with Crippen molar-refractivity contribution in [2.75, 3.05) is 6.61 Å². The Kier molecular flexibility index (Phi) is 4.95. The number of ether oxygens (including phenoxy) is 1. The maximum atomic E-state index is 11.1. The monoisotopic (exact) mass is 226 g/mol. The summed E-state index contributed by atoms with van der Waals surface area (Å²) in [7, 11) is 0. The van der Waals surface area contributed by atoms with Gasteiger partial charge in [0.1, 0.15) is 6.42 Å². The fourth-order valence-corrected chi connectivity index (χ4v) is 1.22. The first kappa shape index (κ1) is 12.7. The molecule has 0 saturated heterocycles. The number of aryl methyl sites for hydroxylation is 1. The molecule has 0 amide bonds. The summed E-state index contributed by atoms with van der Waals surface area (Å²) < 4.78 is 9.74. The van der Waals surface area contributed by atoms with Crippen molar-refractivity contribution >= 4 is 5.97 Å². The first-order chi connectivity index (χ1) is 7.61. The van der Waals surface area contributed by atoms with Crippen LogP contribution in [-0.2, 0) is 22.4 Å². The first-order valence-electron chi connectivity index (χ1n) is 5.59. The molecule has 90 valence electrons. The Bertz CT molecular complexity index is 334. The fraction of sp³-hybridized carbons (Fsp3) is 0.727. The van der Waals surface area contributed by atoms with E-state index in [4.69, 9.17) is 9.26 Å². The summed E-state index contributed by atoms with van der Waals surface area (Å²) in [5.74, 6) is 1.26. The number of esters is 1. The fourth-order valence-electron chi connectivity index (χ4n) is 1.22. The minimum Gasteiger partial charge on any atom is -0.466 e. The Morgan fingerprint density at radius 3 is 2.88 bits per heavy atom. The lowest BCUT2D eigenvalue weighted by atomic mass is 10.1. The van der Waals surface area contributed by atoms with Crippen LogP contribution in [0.5, 0.6) is 0 Å². The van der Waals surface area contributed by atoms with Gasteiger partial charge in [-0.3, -0.25) is 4.79 Å². The highest BCUT2D eigenvalue weighted by Gasteiger charge is 2.11. The molecule has 0 unspecified atom stereocenters. The number of rotatable bonds is 6. The molecule has 0 aliphatic rings. The molecule has 1 heterocycles. The van der Waals surface area contributed by atoms with E-state index in [9.17, 15) is 4.79 Å². The van der Waals surface area contributed by atoms with Gasteiger partial charge >= 0.3 is 5.97 Å². The van der Waals surface area contributed by atoms with Crippen molar-refractivity contribution in [3.63, 3.8) is 0 Å². The van der Waals surface area contributed by atoms with Crippen LogP contribution in [0.3, 0.4) is 0 Å². The Morgan fingerprint density at radius 1 is 1.50 bits per heavy atom. The van der Waals surface area contributed by atoms with E-state index in [2.05, 4.69) is 24.0 Å². The van der Waals surface area contributed by atoms with Crippen LogP contribution in [0.4, 0.5) is 0 Å². The molecule has 1 aromatic rings. The third kappa shape index (κ3) is 4.42. The van der Waals surface area contributed by atoms with Crippen LogP contribution in [0.1, 0.15) is 38.9 Å². The summed E-state index contributed by atoms with van der Waals surface area (Å²) in [5.41, 5.74) is 0. The van der Waals surface area contributed by atoms with Crippen molar-refractivity contribution in [2.24, 2.45) is 5.92 Å². The molecule has 16 heavy (non-hydrogen) atoms. The summed E-state index contributed by atoms with van der Waals surface area (Å²) in [6.45, 7) is 6.41. The zero-order valence-corrected chi connectivity index (χ0v) is 10.0. The topological polar surface area (TPSA) is 65.2 Å². The van der Waals surface area contributed by atoms with Crippen LogP contribution in [0.15, 0.2) is 4.52 Å². The van der Waals surface area contributed by atoms with Gasteiger partial charge in [0.2, 0.25) is 5.89 Å². The largest absolute Gasteiger partial charge is 0.466 e. The molecule has 5 heteroatoms. The molecule has 1 aromatic heterocycles. The number of nitrogens with zero attached hydrogens (tertiary/aromatic N) is 2. The van der Waals surface area contributed by atoms with Gasteiger partial charge < -0.3 is 9.26 Å². The van der Waals surface area contributed by atoms with Crippen LogP contribution in [-0.4, -0.2) is 22.7 Å². The van der Waals surface area contributed by atoms with Crippen LogP contribution in [0.25, 0.3) is 0 Å². The Labute approximate surface area is 95.2 Å². The van der Waals surface area contributed by atoms with E-state index >= 15 is 0 Å². The van der Waals surface area contributed by atoms with Gasteiger partial charge in [-0.15, -0.1) is 0 Å². The first-order valence-corrected chi connectivity index (χ1v) is 5.59. The Hall–Kier alpha value is -1.39. The van der Waals surface area contributed by atoms with Crippen molar-refractivity contribution in [2.45, 2.75) is 40.0 Å². The summed E-state index contributed by atoms with van der Waals surface area (Å²) in [6.07, 6.45) is 1.85. The van der Waals surface area contributed by atoms with E-state index < -0.39 is 0 Å².